The van der Waals surface area contributed by atoms with Crippen LogP contribution in [-0.4, -0.2) is 12.9 Å². The Morgan fingerprint density at radius 1 is 0.947 bits per heavy atom. The molecule has 0 amide bonds. The summed E-state index contributed by atoms with van der Waals surface area (Å²) in [6.45, 7) is 2.04. The summed E-state index contributed by atoms with van der Waals surface area (Å²) in [5, 5.41) is 0. The molecule has 2 aromatic rings. The Morgan fingerprint density at radius 3 is 2.05 bits per heavy atom. The third-order valence-electron chi connectivity index (χ3n) is 2.83. The lowest BCUT2D eigenvalue weighted by Crippen LogP contribution is -1.96. The predicted octanol–water partition coefficient (Wildman–Crippen LogP) is 3.48. The molecule has 0 fully saturated rings. The zero-order chi connectivity index (χ0) is 13.7. The fourth-order valence-corrected chi connectivity index (χ4v) is 1.67. The maximum atomic E-state index is 11.1. The summed E-state index contributed by atoms with van der Waals surface area (Å²) in [7, 11) is 1.64. The Kier molecular flexibility index (Phi) is 4.18. The van der Waals surface area contributed by atoms with Crippen molar-refractivity contribution in [3.8, 4) is 11.5 Å². The first-order valence-corrected chi connectivity index (χ1v) is 6.06. The van der Waals surface area contributed by atoms with E-state index < -0.39 is 0 Å². The number of ether oxygens (including phenoxy) is 2. The Morgan fingerprint density at radius 2 is 1.53 bits per heavy atom. The highest BCUT2D eigenvalue weighted by molar-refractivity contribution is 5.94. The number of carbonyl (C=O) groups excluding carboxylic acids is 1. The van der Waals surface area contributed by atoms with Crippen molar-refractivity contribution in [2.45, 2.75) is 13.5 Å². The molecular formula is C16H16O3. The molecule has 19 heavy (non-hydrogen) atoms. The topological polar surface area (TPSA) is 35.5 Å². The van der Waals surface area contributed by atoms with Crippen LogP contribution in [0.3, 0.4) is 0 Å². The maximum absolute atomic E-state index is 11.1. The molecular weight excluding hydrogens is 240 g/mol. The second-order valence-electron chi connectivity index (χ2n) is 4.22. The van der Waals surface area contributed by atoms with Crippen LogP contribution in [0.2, 0.25) is 0 Å². The zero-order valence-electron chi connectivity index (χ0n) is 11.1. The summed E-state index contributed by atoms with van der Waals surface area (Å²) in [6, 6.07) is 14.9. The highest BCUT2D eigenvalue weighted by atomic mass is 16.5. The van der Waals surface area contributed by atoms with E-state index in [9.17, 15) is 4.79 Å². The van der Waals surface area contributed by atoms with Gasteiger partial charge in [0.15, 0.2) is 5.78 Å². The first-order valence-electron chi connectivity index (χ1n) is 6.06. The number of rotatable bonds is 5. The number of methoxy groups -OCH3 is 1. The van der Waals surface area contributed by atoms with Crippen LogP contribution in [0, 0.1) is 0 Å². The largest absolute Gasteiger partial charge is 0.497 e. The molecule has 98 valence electrons. The second kappa shape index (κ2) is 6.05. The number of carbonyl (C=O) groups is 1. The van der Waals surface area contributed by atoms with Gasteiger partial charge in [-0.25, -0.2) is 0 Å². The van der Waals surface area contributed by atoms with E-state index in [0.717, 1.165) is 17.1 Å². The molecule has 0 unspecified atom stereocenters. The van der Waals surface area contributed by atoms with Crippen molar-refractivity contribution in [2.75, 3.05) is 7.11 Å². The molecule has 0 heterocycles. The third-order valence-corrected chi connectivity index (χ3v) is 2.83. The number of benzene rings is 2. The fourth-order valence-electron chi connectivity index (χ4n) is 1.67. The van der Waals surface area contributed by atoms with Gasteiger partial charge < -0.3 is 9.47 Å². The first-order chi connectivity index (χ1) is 9.19. The second-order valence-corrected chi connectivity index (χ2v) is 4.22. The van der Waals surface area contributed by atoms with Gasteiger partial charge in [-0.15, -0.1) is 0 Å². The van der Waals surface area contributed by atoms with E-state index in [1.807, 2.05) is 24.3 Å². The van der Waals surface area contributed by atoms with Crippen LogP contribution >= 0.6 is 0 Å². The van der Waals surface area contributed by atoms with Gasteiger partial charge >= 0.3 is 0 Å². The maximum Gasteiger partial charge on any atom is 0.159 e. The van der Waals surface area contributed by atoms with Crippen LogP contribution in [0.25, 0.3) is 0 Å². The molecule has 0 aliphatic rings. The molecule has 0 aromatic heterocycles. The van der Waals surface area contributed by atoms with Gasteiger partial charge in [-0.3, -0.25) is 4.79 Å². The molecule has 0 aliphatic carbocycles. The van der Waals surface area contributed by atoms with Crippen LogP contribution in [-0.2, 0) is 6.61 Å². The van der Waals surface area contributed by atoms with Crippen molar-refractivity contribution in [1.82, 2.24) is 0 Å². The van der Waals surface area contributed by atoms with Crippen molar-refractivity contribution < 1.29 is 14.3 Å². The van der Waals surface area contributed by atoms with Crippen molar-refractivity contribution in [3.05, 3.63) is 59.7 Å². The fraction of sp³-hybridized carbons (Fsp3) is 0.188. The van der Waals surface area contributed by atoms with Crippen LogP contribution < -0.4 is 9.47 Å². The molecule has 0 bridgehead atoms. The summed E-state index contributed by atoms with van der Waals surface area (Å²) in [6.07, 6.45) is 0. The molecule has 0 atom stereocenters. The SMILES string of the molecule is COc1ccc(COc2ccc(C(C)=O)cc2)cc1. The molecule has 0 N–H and O–H groups in total. The minimum absolute atomic E-state index is 0.0571. The van der Waals surface area contributed by atoms with E-state index in [-0.39, 0.29) is 5.78 Å². The van der Waals surface area contributed by atoms with Gasteiger partial charge in [0.05, 0.1) is 7.11 Å². The number of hydrogen-bond donors (Lipinski definition) is 0. The van der Waals surface area contributed by atoms with Crippen molar-refractivity contribution in [2.24, 2.45) is 0 Å². The Balaban J connectivity index is 1.95. The summed E-state index contributed by atoms with van der Waals surface area (Å²) in [4.78, 5) is 11.1. The van der Waals surface area contributed by atoms with Gasteiger partial charge in [0, 0.05) is 5.56 Å². The van der Waals surface area contributed by atoms with E-state index in [2.05, 4.69) is 0 Å². The average molecular weight is 256 g/mol. The molecule has 0 radical (unpaired) electrons. The highest BCUT2D eigenvalue weighted by Crippen LogP contribution is 2.16. The summed E-state index contributed by atoms with van der Waals surface area (Å²) < 4.78 is 10.7. The number of Topliss-reactive ketones (excluding diaryl/α,β-unsaturated/α-hetero) is 1. The highest BCUT2D eigenvalue weighted by Gasteiger charge is 2.00. The van der Waals surface area contributed by atoms with Gasteiger partial charge in [0.1, 0.15) is 18.1 Å². The lowest BCUT2D eigenvalue weighted by molar-refractivity contribution is 0.101. The first kappa shape index (κ1) is 13.1. The number of hydrogen-bond acceptors (Lipinski definition) is 3. The van der Waals surface area contributed by atoms with Crippen LogP contribution in [0.1, 0.15) is 22.8 Å². The van der Waals surface area contributed by atoms with Crippen molar-refractivity contribution in [1.29, 1.82) is 0 Å². The molecule has 0 saturated heterocycles. The molecule has 0 saturated carbocycles. The Bertz CT molecular complexity index is 541. The quantitative estimate of drug-likeness (QED) is 0.768. The molecule has 3 heteroatoms. The van der Waals surface area contributed by atoms with Gasteiger partial charge in [0.25, 0.3) is 0 Å². The molecule has 0 aliphatic heterocycles. The third kappa shape index (κ3) is 3.58. The molecule has 3 nitrogen and oxygen atoms in total. The van der Waals surface area contributed by atoms with Gasteiger partial charge in [-0.05, 0) is 48.9 Å². The molecule has 2 aromatic carbocycles. The molecule has 0 spiro atoms. The minimum Gasteiger partial charge on any atom is -0.497 e. The van der Waals surface area contributed by atoms with Crippen molar-refractivity contribution in [3.63, 3.8) is 0 Å². The van der Waals surface area contributed by atoms with E-state index in [4.69, 9.17) is 9.47 Å². The van der Waals surface area contributed by atoms with Crippen LogP contribution in [0.5, 0.6) is 11.5 Å². The van der Waals surface area contributed by atoms with E-state index >= 15 is 0 Å². The van der Waals surface area contributed by atoms with Gasteiger partial charge in [-0.1, -0.05) is 12.1 Å². The summed E-state index contributed by atoms with van der Waals surface area (Å²) >= 11 is 0. The van der Waals surface area contributed by atoms with Gasteiger partial charge in [0.2, 0.25) is 0 Å². The van der Waals surface area contributed by atoms with Crippen LogP contribution in [0.4, 0.5) is 0 Å². The number of ketones is 1. The van der Waals surface area contributed by atoms with Gasteiger partial charge in [-0.2, -0.15) is 0 Å². The van der Waals surface area contributed by atoms with E-state index in [1.165, 1.54) is 0 Å². The minimum atomic E-state index is 0.0571. The Hall–Kier alpha value is -2.29. The smallest absolute Gasteiger partial charge is 0.159 e. The van der Waals surface area contributed by atoms with Crippen LogP contribution in [0.15, 0.2) is 48.5 Å². The van der Waals surface area contributed by atoms with E-state index in [1.54, 1.807) is 38.3 Å². The summed E-state index contributed by atoms with van der Waals surface area (Å²) in [5.41, 5.74) is 1.76. The molecule has 2 rings (SSSR count). The standard InChI is InChI=1S/C16H16O3/c1-12(17)14-5-9-16(10-6-14)19-11-13-3-7-15(18-2)8-4-13/h3-10H,11H2,1-2H3. The van der Waals surface area contributed by atoms with E-state index in [0.29, 0.717) is 12.2 Å². The average Bonchev–Trinajstić information content (AvgIpc) is 2.46. The zero-order valence-corrected chi connectivity index (χ0v) is 11.1. The van der Waals surface area contributed by atoms with Crippen molar-refractivity contribution >= 4 is 5.78 Å². The lowest BCUT2D eigenvalue weighted by Gasteiger charge is -2.07. The monoisotopic (exact) mass is 256 g/mol. The normalized spacial score (nSPS) is 10.0. The Labute approximate surface area is 112 Å². The summed E-state index contributed by atoms with van der Waals surface area (Å²) in [5.74, 6) is 1.64. The lowest BCUT2D eigenvalue weighted by atomic mass is 10.1. The predicted molar refractivity (Wildman–Crippen MR) is 73.8 cm³/mol.